The summed E-state index contributed by atoms with van der Waals surface area (Å²) in [6, 6.07) is 0. The predicted molar refractivity (Wildman–Crippen MR) is 195 cm³/mol. The van der Waals surface area contributed by atoms with E-state index < -0.39 is 35.8 Å². The Morgan fingerprint density at radius 3 is 0.827 bits per heavy atom. The third kappa shape index (κ3) is 119. The van der Waals surface area contributed by atoms with Crippen LogP contribution in [0.4, 0.5) is 0 Å². The Hall–Kier alpha value is -4.48. The van der Waals surface area contributed by atoms with Crippen molar-refractivity contribution in [3.63, 3.8) is 0 Å². The van der Waals surface area contributed by atoms with Crippen molar-refractivity contribution in [2.75, 3.05) is 54.6 Å². The molecule has 4 unspecified atom stereocenters. The number of carboxylic acid groups (broad SMARTS) is 5. The average Bonchev–Trinajstić information content (AvgIpc) is 3.04. The van der Waals surface area contributed by atoms with E-state index in [0.29, 0.717) is 6.54 Å². The highest BCUT2D eigenvalue weighted by molar-refractivity contribution is 5.84. The second kappa shape index (κ2) is 65.0. The van der Waals surface area contributed by atoms with E-state index >= 15 is 0 Å². The molecular weight excluding hydrogens is 704 g/mol. The molecular formula is C30H72N4O18. The maximum atomic E-state index is 10.4. The van der Waals surface area contributed by atoms with Gasteiger partial charge in [-0.1, -0.05) is 42.5 Å². The van der Waals surface area contributed by atoms with Gasteiger partial charge in [-0.05, 0) is 0 Å². The van der Waals surface area contributed by atoms with Gasteiger partial charge in [-0.2, -0.15) is 0 Å². The Morgan fingerprint density at radius 1 is 0.635 bits per heavy atom. The summed E-state index contributed by atoms with van der Waals surface area (Å²) in [5.41, 5.74) is 10.1. The lowest BCUT2D eigenvalue weighted by molar-refractivity contribution is -0.144. The Balaban J connectivity index is -0.0000000345. The lowest BCUT2D eigenvalue weighted by Crippen LogP contribution is -2.46. The smallest absolute Gasteiger partial charge is 0.309 e. The standard InChI is InChI=1S/C5H11NO2.C4H9NO2.2C4H7NO.4C2H4O2.3CH4O.2CH4.H2O/c1-4(3-6)5(7)8-2;1-3(2-5)4(6)7;2*1-3-2-5-4(3)6;4*1-2(3)4;3*1-2;;;/h4H,3,6H2,1-2H3;3H,2,5H2,1H3,(H,6,7);2*3H,2H2,1H3,(H,5,6);4*1H3,(H,3,4);3*2H,1H3;2*1H4;1H2. The zero-order valence-corrected chi connectivity index (χ0v) is 31.0. The molecule has 52 heavy (non-hydrogen) atoms. The number of rotatable bonds is 4. The molecule has 22 nitrogen and oxygen atoms in total. The summed E-state index contributed by atoms with van der Waals surface area (Å²) in [5.74, 6) is -4.03. The monoisotopic (exact) mass is 776 g/mol. The Bertz CT molecular complexity index is 761. The maximum Gasteiger partial charge on any atom is 0.309 e. The van der Waals surface area contributed by atoms with Crippen LogP contribution >= 0.6 is 0 Å². The Kier molecular flexibility index (Phi) is 102. The summed E-state index contributed by atoms with van der Waals surface area (Å²) in [6.07, 6.45) is 0. The topological polar surface area (TPSA) is 415 Å². The van der Waals surface area contributed by atoms with E-state index in [1.165, 1.54) is 7.11 Å². The van der Waals surface area contributed by atoms with Gasteiger partial charge >= 0.3 is 11.9 Å². The van der Waals surface area contributed by atoms with Gasteiger partial charge in [0.15, 0.2) is 0 Å². The number of aliphatic hydroxyl groups excluding tert-OH is 3. The first-order valence-corrected chi connectivity index (χ1v) is 13.8. The minimum Gasteiger partial charge on any atom is -0.481 e. The molecule has 2 fully saturated rings. The van der Waals surface area contributed by atoms with Gasteiger partial charge in [-0.15, -0.1) is 0 Å². The van der Waals surface area contributed by atoms with Crippen molar-refractivity contribution in [2.45, 2.75) is 70.2 Å². The number of carboxylic acids is 5. The number of aliphatic carboxylic acids is 5. The fraction of sp³-hybridized carbons (Fsp3) is 0.733. The molecule has 320 valence electrons. The lowest BCUT2D eigenvalue weighted by Gasteiger charge is -2.20. The number of amides is 2. The van der Waals surface area contributed by atoms with Crippen molar-refractivity contribution >= 4 is 47.6 Å². The summed E-state index contributed by atoms with van der Waals surface area (Å²) in [5, 5.41) is 64.0. The predicted octanol–water partition coefficient (Wildman–Crippen LogP) is -1.44. The van der Waals surface area contributed by atoms with Crippen molar-refractivity contribution < 1.29 is 89.4 Å². The van der Waals surface area contributed by atoms with Crippen LogP contribution in [0.2, 0.25) is 0 Å². The molecule has 22 heteroatoms. The van der Waals surface area contributed by atoms with Gasteiger partial charge < -0.3 is 73.2 Å². The fourth-order valence-corrected chi connectivity index (χ4v) is 1.18. The highest BCUT2D eigenvalue weighted by Crippen LogP contribution is 2.00. The molecule has 2 saturated heterocycles. The van der Waals surface area contributed by atoms with Gasteiger partial charge in [0, 0.05) is 75.2 Å². The minimum absolute atomic E-state index is 0. The van der Waals surface area contributed by atoms with Crippen molar-refractivity contribution in [1.29, 1.82) is 0 Å². The van der Waals surface area contributed by atoms with Crippen LogP contribution in [0.5, 0.6) is 0 Å². The van der Waals surface area contributed by atoms with Crippen LogP contribution in [-0.4, -0.2) is 149 Å². The van der Waals surface area contributed by atoms with Gasteiger partial charge in [0.1, 0.15) is 0 Å². The number of ether oxygens (including phenoxy) is 1. The second-order valence-electron chi connectivity index (χ2n) is 8.50. The number of hydrogen-bond donors (Lipinski definition) is 12. The van der Waals surface area contributed by atoms with Crippen molar-refractivity contribution in [3.8, 4) is 0 Å². The van der Waals surface area contributed by atoms with E-state index in [-0.39, 0.29) is 62.4 Å². The Labute approximate surface area is 307 Å². The molecule has 0 spiro atoms. The molecule has 4 atom stereocenters. The first-order chi connectivity index (χ1) is 22.4. The number of carbonyl (C=O) groups is 8. The third-order valence-corrected chi connectivity index (χ3v) is 3.79. The quantitative estimate of drug-likeness (QED) is 0.115. The van der Waals surface area contributed by atoms with Crippen LogP contribution in [0, 0.1) is 23.7 Å². The number of methoxy groups -OCH3 is 1. The number of hydrogen-bond acceptors (Lipinski definition) is 14. The van der Waals surface area contributed by atoms with Gasteiger partial charge in [0.25, 0.3) is 23.9 Å². The largest absolute Gasteiger partial charge is 0.481 e. The summed E-state index contributed by atoms with van der Waals surface area (Å²) >= 11 is 0. The van der Waals surface area contributed by atoms with Crippen LogP contribution in [0.1, 0.15) is 70.2 Å². The molecule has 2 amide bonds. The molecule has 0 aromatic carbocycles. The minimum atomic E-state index is -0.833. The van der Waals surface area contributed by atoms with Crippen molar-refractivity contribution in [3.05, 3.63) is 0 Å². The lowest BCUT2D eigenvalue weighted by atomic mass is 10.1. The second-order valence-corrected chi connectivity index (χ2v) is 8.50. The van der Waals surface area contributed by atoms with Gasteiger partial charge in [-0.3, -0.25) is 38.4 Å². The molecule has 0 aromatic heterocycles. The van der Waals surface area contributed by atoms with Crippen LogP contribution in [-0.2, 0) is 43.1 Å². The highest BCUT2D eigenvalue weighted by Gasteiger charge is 2.21. The number of esters is 1. The number of nitrogens with two attached hydrogens (primary N) is 2. The first kappa shape index (κ1) is 81.5. The first-order valence-electron chi connectivity index (χ1n) is 13.8. The van der Waals surface area contributed by atoms with Gasteiger partial charge in [0.2, 0.25) is 11.8 Å². The van der Waals surface area contributed by atoms with E-state index in [1.54, 1.807) is 13.8 Å². The Morgan fingerprint density at radius 2 is 0.808 bits per heavy atom. The number of nitrogens with one attached hydrogen (secondary N) is 2. The molecule has 0 saturated carbocycles. The molecule has 0 bridgehead atoms. The zero-order valence-electron chi connectivity index (χ0n) is 31.0. The highest BCUT2D eigenvalue weighted by atomic mass is 16.5. The van der Waals surface area contributed by atoms with E-state index in [0.717, 1.165) is 62.1 Å². The molecule has 0 aromatic rings. The van der Waals surface area contributed by atoms with Crippen molar-refractivity contribution in [1.82, 2.24) is 10.6 Å². The van der Waals surface area contributed by atoms with Gasteiger partial charge in [0.05, 0.1) is 30.8 Å². The summed E-state index contributed by atoms with van der Waals surface area (Å²) in [6.45, 7) is 13.8. The summed E-state index contributed by atoms with van der Waals surface area (Å²) < 4.78 is 4.38. The summed E-state index contributed by atoms with van der Waals surface area (Å²) in [4.78, 5) is 76.5. The van der Waals surface area contributed by atoms with E-state index in [4.69, 9.17) is 71.5 Å². The van der Waals surface area contributed by atoms with Crippen molar-refractivity contribution in [2.24, 2.45) is 35.1 Å². The molecule has 0 radical (unpaired) electrons. The molecule has 2 heterocycles. The van der Waals surface area contributed by atoms with E-state index in [9.17, 15) is 19.2 Å². The SMILES string of the molecule is C.C.CC(=O)O.CC(=O)O.CC(=O)O.CC(=O)O.CC(CN)C(=O)O.CC1CNC1=O.CC1CNC1=O.CO.CO.CO.COC(=O)C(C)CN.O. The van der Waals surface area contributed by atoms with Crippen LogP contribution in [0.25, 0.3) is 0 Å². The summed E-state index contributed by atoms with van der Waals surface area (Å²) in [7, 11) is 4.36. The van der Waals surface area contributed by atoms with E-state index in [2.05, 4.69) is 15.4 Å². The zero-order chi connectivity index (χ0) is 41.9. The number of aliphatic hydroxyl groups is 3. The van der Waals surface area contributed by atoms with Crippen LogP contribution in [0.15, 0.2) is 0 Å². The van der Waals surface area contributed by atoms with Crippen LogP contribution in [0.3, 0.4) is 0 Å². The number of β-lactam (4-membered cyclic amide) rings is 2. The third-order valence-electron chi connectivity index (χ3n) is 3.79. The number of carbonyl (C=O) groups excluding carboxylic acids is 3. The normalized spacial score (nSPS) is 13.3. The van der Waals surface area contributed by atoms with Gasteiger partial charge in [-0.25, -0.2) is 0 Å². The maximum absolute atomic E-state index is 10.4. The fourth-order valence-electron chi connectivity index (χ4n) is 1.18. The van der Waals surface area contributed by atoms with E-state index in [1.807, 2.05) is 13.8 Å². The molecule has 2 aliphatic heterocycles. The molecule has 2 rings (SSSR count). The molecule has 2 aliphatic rings. The average molecular weight is 777 g/mol. The van der Waals surface area contributed by atoms with Crippen LogP contribution < -0.4 is 22.1 Å². The molecule has 16 N–H and O–H groups in total. The molecule has 0 aliphatic carbocycles.